The molecular weight excluding hydrogens is 964 g/mol. The normalized spacial score (nSPS) is 18.3. The van der Waals surface area contributed by atoms with Gasteiger partial charge in [-0.1, -0.05) is 161 Å². The summed E-state index contributed by atoms with van der Waals surface area (Å²) in [7, 11) is 0. The zero-order chi connectivity index (χ0) is 53.6. The fraction of sp³-hybridized carbons (Fsp3) is 0.315. The van der Waals surface area contributed by atoms with E-state index in [9.17, 15) is 0 Å². The number of unbranched alkanes of at least 4 members (excludes halogenated alkanes) is 1. The highest BCUT2D eigenvalue weighted by Crippen LogP contribution is 2.60. The second kappa shape index (κ2) is 16.4. The Labute approximate surface area is 466 Å². The van der Waals surface area contributed by atoms with Crippen molar-refractivity contribution in [2.75, 3.05) is 9.71 Å². The molecule has 4 heterocycles. The molecule has 0 fully saturated rings. The number of para-hydroxylation sites is 1. The number of nitrogens with zero attached hydrogens (tertiary/aromatic N) is 2. The molecule has 5 aliphatic rings. The van der Waals surface area contributed by atoms with Gasteiger partial charge >= 0.3 is 6.85 Å². The van der Waals surface area contributed by atoms with Crippen LogP contribution in [0.25, 0.3) is 65.4 Å². The second-order valence-electron chi connectivity index (χ2n) is 27.2. The van der Waals surface area contributed by atoms with Gasteiger partial charge in [-0.3, -0.25) is 0 Å². The maximum Gasteiger partial charge on any atom is 0.343 e. The van der Waals surface area contributed by atoms with Crippen LogP contribution in [-0.4, -0.2) is 6.85 Å². The van der Waals surface area contributed by atoms with Gasteiger partial charge in [-0.25, -0.2) is 0 Å². The third kappa shape index (κ3) is 6.76. The third-order valence-corrected chi connectivity index (χ3v) is 21.3. The Morgan fingerprint density at radius 1 is 0.513 bits per heavy atom. The van der Waals surface area contributed by atoms with Gasteiger partial charge in [0.2, 0.25) is 0 Å². The van der Waals surface area contributed by atoms with Crippen LogP contribution >= 0.6 is 11.3 Å². The summed E-state index contributed by atoms with van der Waals surface area (Å²) >= 11 is 2.02. The number of aryl methyl sites for hydroxylation is 1. The van der Waals surface area contributed by atoms with Gasteiger partial charge in [0.1, 0.15) is 11.2 Å². The predicted molar refractivity (Wildman–Crippen MR) is 335 cm³/mol. The number of benzene rings is 8. The number of anilines is 5. The lowest BCUT2D eigenvalue weighted by Crippen LogP contribution is -2.60. The van der Waals surface area contributed by atoms with Crippen molar-refractivity contribution in [3.63, 3.8) is 0 Å². The van der Waals surface area contributed by atoms with Crippen molar-refractivity contribution in [3.05, 3.63) is 185 Å². The molecule has 2 aromatic heterocycles. The smallest absolute Gasteiger partial charge is 0.343 e. The van der Waals surface area contributed by atoms with Crippen molar-refractivity contribution in [1.29, 1.82) is 0 Å². The standard InChI is InChI=1S/C73H71BN2OS/c1-12-13-19-43-24-28-46(29-25-43)75-61-39-51-48-22-17-18-23-62(48)77-67(51)64-52-36-49-50-37-56-58(71(6,7)34-32-69(56,2)3)40-54(50)73(10,11)55(49)41-60(52)76(47-30-26-45(27-31-47)44-20-15-14-16-21-44)74(65(61)64)68-66(75)53-38-57-59(42-63(53)78-68)72(8,9)35-33-70(57,4)5/h14-18,20-31,36-42H,12-13,19,32-35H2,1-11H3. The van der Waals surface area contributed by atoms with Gasteiger partial charge in [0, 0.05) is 64.9 Å². The quantitative estimate of drug-likeness (QED) is 0.155. The van der Waals surface area contributed by atoms with Gasteiger partial charge in [0.25, 0.3) is 0 Å². The minimum atomic E-state index is -0.236. The molecule has 0 radical (unpaired) electrons. The molecule has 0 atom stereocenters. The minimum Gasteiger partial charge on any atom is -0.455 e. The molecule has 0 amide bonds. The molecule has 10 aromatic rings. The fourth-order valence-electron chi connectivity index (χ4n) is 15.2. The number of hydrogen-bond donors (Lipinski definition) is 0. The Hall–Kier alpha value is -6.82. The molecule has 0 N–H and O–H groups in total. The second-order valence-corrected chi connectivity index (χ2v) is 28.3. The number of rotatable bonds is 6. The van der Waals surface area contributed by atoms with Crippen LogP contribution in [0.4, 0.5) is 28.4 Å². The van der Waals surface area contributed by atoms with Gasteiger partial charge in [0.05, 0.1) is 5.69 Å². The highest BCUT2D eigenvalue weighted by atomic mass is 32.1. The van der Waals surface area contributed by atoms with Crippen LogP contribution in [0.3, 0.4) is 0 Å². The molecular formula is C73H71BN2OS. The average Bonchev–Trinajstić information content (AvgIpc) is 4.18. The molecule has 0 saturated carbocycles. The molecule has 3 nitrogen and oxygen atoms in total. The Bertz CT molecular complexity index is 4170. The lowest BCUT2D eigenvalue weighted by molar-refractivity contribution is 0.331. The van der Waals surface area contributed by atoms with Crippen molar-refractivity contribution in [3.8, 4) is 33.4 Å². The highest BCUT2D eigenvalue weighted by Gasteiger charge is 2.51. The monoisotopic (exact) mass is 1030 g/mol. The largest absolute Gasteiger partial charge is 0.455 e. The molecule has 78 heavy (non-hydrogen) atoms. The zero-order valence-electron chi connectivity index (χ0n) is 47.6. The van der Waals surface area contributed by atoms with Crippen LogP contribution in [-0.2, 0) is 33.5 Å². The van der Waals surface area contributed by atoms with E-state index >= 15 is 0 Å². The van der Waals surface area contributed by atoms with Crippen LogP contribution in [0.2, 0.25) is 0 Å². The van der Waals surface area contributed by atoms with Crippen molar-refractivity contribution in [1.82, 2.24) is 0 Å². The summed E-state index contributed by atoms with van der Waals surface area (Å²) in [6, 6.07) is 57.0. The molecule has 0 bridgehead atoms. The Morgan fingerprint density at radius 2 is 1.10 bits per heavy atom. The summed E-state index contributed by atoms with van der Waals surface area (Å²) < 4.78 is 10.1. The topological polar surface area (TPSA) is 19.6 Å². The van der Waals surface area contributed by atoms with Crippen LogP contribution < -0.4 is 20.0 Å². The molecule has 0 unspecified atom stereocenters. The first-order valence-electron chi connectivity index (χ1n) is 29.2. The summed E-state index contributed by atoms with van der Waals surface area (Å²) in [6.45, 7) is 26.9. The van der Waals surface area contributed by atoms with Crippen LogP contribution in [0.5, 0.6) is 0 Å². The van der Waals surface area contributed by atoms with Gasteiger partial charge in [-0.15, -0.1) is 11.3 Å². The maximum atomic E-state index is 7.36. The van der Waals surface area contributed by atoms with Gasteiger partial charge in [-0.2, -0.15) is 0 Å². The van der Waals surface area contributed by atoms with Crippen molar-refractivity contribution < 1.29 is 4.42 Å². The van der Waals surface area contributed by atoms with Gasteiger partial charge < -0.3 is 14.1 Å². The van der Waals surface area contributed by atoms with E-state index in [-0.39, 0.29) is 33.9 Å². The van der Waals surface area contributed by atoms with Crippen LogP contribution in [0.15, 0.2) is 150 Å². The third-order valence-electron chi connectivity index (χ3n) is 20.2. The van der Waals surface area contributed by atoms with Gasteiger partial charge in [-0.05, 0) is 194 Å². The molecule has 0 spiro atoms. The van der Waals surface area contributed by atoms with E-state index in [1.165, 1.54) is 160 Å². The molecule has 5 heteroatoms. The predicted octanol–water partition coefficient (Wildman–Crippen LogP) is 19.5. The molecule has 15 rings (SSSR count). The zero-order valence-corrected chi connectivity index (χ0v) is 48.4. The molecule has 2 aliphatic heterocycles. The van der Waals surface area contributed by atoms with E-state index in [1.54, 1.807) is 0 Å². The maximum absolute atomic E-state index is 7.36. The lowest BCUT2D eigenvalue weighted by Gasteiger charge is -2.45. The molecule has 8 aromatic carbocycles. The van der Waals surface area contributed by atoms with Crippen LogP contribution in [0.1, 0.15) is 154 Å². The lowest BCUT2D eigenvalue weighted by atomic mass is 9.46. The van der Waals surface area contributed by atoms with Crippen LogP contribution in [0, 0.1) is 0 Å². The molecule has 3 aliphatic carbocycles. The summed E-state index contributed by atoms with van der Waals surface area (Å²) in [5.41, 5.74) is 27.4. The summed E-state index contributed by atoms with van der Waals surface area (Å²) in [4.78, 5) is 5.44. The summed E-state index contributed by atoms with van der Waals surface area (Å²) in [5, 5.41) is 3.67. The van der Waals surface area contributed by atoms with E-state index in [2.05, 4.69) is 231 Å². The number of fused-ring (bicyclic) bond motifs is 15. The summed E-state index contributed by atoms with van der Waals surface area (Å²) in [6.07, 6.45) is 8.17. The Balaban J connectivity index is 1.08. The SMILES string of the molecule is CCCCc1ccc(N2c3cc4c(oc5ccccc54)c4c3B(c3sc5cc6c(cc5c32)C(C)(C)CCC6(C)C)N(c2ccc(-c3ccccc3)cc2)c2cc3c(cc2-4)-c2cc4c(cc2C3(C)C)C(C)(C)CCC4(C)C)cc1. The van der Waals surface area contributed by atoms with Crippen molar-refractivity contribution >= 4 is 88.9 Å². The van der Waals surface area contributed by atoms with Gasteiger partial charge in [0.15, 0.2) is 0 Å². The minimum absolute atomic E-state index is 0.0487. The van der Waals surface area contributed by atoms with Crippen molar-refractivity contribution in [2.24, 2.45) is 0 Å². The Morgan fingerprint density at radius 3 is 1.79 bits per heavy atom. The first-order valence-corrected chi connectivity index (χ1v) is 30.0. The molecule has 0 saturated heterocycles. The van der Waals surface area contributed by atoms with E-state index in [1.807, 2.05) is 11.3 Å². The van der Waals surface area contributed by atoms with E-state index in [0.717, 1.165) is 28.4 Å². The number of thiophene rings is 1. The summed E-state index contributed by atoms with van der Waals surface area (Å²) in [5.74, 6) is 0. The number of hydrogen-bond acceptors (Lipinski definition) is 4. The number of furan rings is 1. The van der Waals surface area contributed by atoms with E-state index in [0.29, 0.717) is 0 Å². The van der Waals surface area contributed by atoms with E-state index < -0.39 is 0 Å². The fourth-order valence-corrected chi connectivity index (χ4v) is 16.5. The first-order chi connectivity index (χ1) is 37.3. The van der Waals surface area contributed by atoms with Crippen molar-refractivity contribution in [2.45, 2.75) is 148 Å². The average molecular weight is 1040 g/mol. The van der Waals surface area contributed by atoms with E-state index in [4.69, 9.17) is 4.42 Å². The highest BCUT2D eigenvalue weighted by molar-refractivity contribution is 7.32. The molecule has 388 valence electrons. The first kappa shape index (κ1) is 48.3. The Kier molecular flexibility index (Phi) is 10.2.